The van der Waals surface area contributed by atoms with E-state index in [1.807, 2.05) is 12.4 Å². The van der Waals surface area contributed by atoms with Crippen LogP contribution in [0.3, 0.4) is 0 Å². The third-order valence-electron chi connectivity index (χ3n) is 13.4. The monoisotopic (exact) mass is 756 g/mol. The number of aryl methyl sites for hydroxylation is 2. The van der Waals surface area contributed by atoms with Crippen molar-refractivity contribution in [2.75, 3.05) is 22.9 Å². The van der Waals surface area contributed by atoms with Gasteiger partial charge in [-0.2, -0.15) is 0 Å². The van der Waals surface area contributed by atoms with E-state index in [2.05, 4.69) is 184 Å². The lowest BCUT2D eigenvalue weighted by atomic mass is 9.67. The molecule has 0 amide bonds. The van der Waals surface area contributed by atoms with Crippen LogP contribution in [0.15, 0.2) is 152 Å². The summed E-state index contributed by atoms with van der Waals surface area (Å²) in [5, 5.41) is 0. The van der Waals surface area contributed by atoms with Crippen LogP contribution in [0, 0.1) is 0 Å². The van der Waals surface area contributed by atoms with Gasteiger partial charge >= 0.3 is 0 Å². The van der Waals surface area contributed by atoms with Crippen molar-refractivity contribution < 1.29 is 0 Å². The Bertz CT molecular complexity index is 2620. The highest BCUT2D eigenvalue weighted by molar-refractivity contribution is 5.87. The van der Waals surface area contributed by atoms with Crippen LogP contribution in [0.1, 0.15) is 97.5 Å². The summed E-state index contributed by atoms with van der Waals surface area (Å²) in [6.45, 7) is 13.4. The number of anilines is 4. The molecule has 2 aromatic heterocycles. The van der Waals surface area contributed by atoms with E-state index in [-0.39, 0.29) is 10.8 Å². The van der Waals surface area contributed by atoms with Gasteiger partial charge in [-0.3, -0.25) is 0 Å². The summed E-state index contributed by atoms with van der Waals surface area (Å²) < 4.78 is 0. The molecule has 2 aliphatic heterocycles. The molecular weight excluding hydrogens is 705 g/mol. The summed E-state index contributed by atoms with van der Waals surface area (Å²) in [4.78, 5) is 15.0. The molecule has 5 aromatic carbocycles. The van der Waals surface area contributed by atoms with E-state index in [0.717, 1.165) is 50.4 Å². The molecule has 0 radical (unpaired) electrons. The van der Waals surface area contributed by atoms with E-state index >= 15 is 0 Å². The van der Waals surface area contributed by atoms with Gasteiger partial charge < -0.3 is 9.80 Å². The fraction of sp³-hybridized carbons (Fsp3) is 0.259. The molecule has 4 heteroatoms. The number of aromatic nitrogens is 2. The Labute approximate surface area is 344 Å². The van der Waals surface area contributed by atoms with Gasteiger partial charge in [0.15, 0.2) is 0 Å². The van der Waals surface area contributed by atoms with Crippen LogP contribution >= 0.6 is 0 Å². The molecule has 0 spiro atoms. The van der Waals surface area contributed by atoms with Crippen molar-refractivity contribution in [1.29, 1.82) is 0 Å². The SMILES string of the molecule is CC(C)(C)c1ccnc(N2CCCc3ccc(C4(c5ccc6c(c5)N(c5cc(C(C)(C)c7ccccc7)ccn5)CCC6)c5ccccc5-c5ccccc54)cc32)c1. The van der Waals surface area contributed by atoms with Crippen molar-refractivity contribution >= 4 is 23.0 Å². The van der Waals surface area contributed by atoms with Gasteiger partial charge in [-0.1, -0.05) is 138 Å². The van der Waals surface area contributed by atoms with Gasteiger partial charge in [-0.15, -0.1) is 0 Å². The molecule has 0 saturated carbocycles. The molecule has 4 heterocycles. The first-order valence-electron chi connectivity index (χ1n) is 21.1. The van der Waals surface area contributed by atoms with Crippen molar-refractivity contribution in [1.82, 2.24) is 9.97 Å². The average molecular weight is 757 g/mol. The van der Waals surface area contributed by atoms with E-state index in [9.17, 15) is 0 Å². The van der Waals surface area contributed by atoms with Crippen molar-refractivity contribution in [3.63, 3.8) is 0 Å². The van der Waals surface area contributed by atoms with Crippen LogP contribution in [0.25, 0.3) is 11.1 Å². The van der Waals surface area contributed by atoms with E-state index in [1.165, 1.54) is 72.6 Å². The van der Waals surface area contributed by atoms with Crippen LogP contribution in [-0.4, -0.2) is 23.1 Å². The maximum atomic E-state index is 5.06. The second kappa shape index (κ2) is 13.8. The Morgan fingerprint density at radius 3 is 1.50 bits per heavy atom. The van der Waals surface area contributed by atoms with Crippen molar-refractivity contribution in [3.05, 3.63) is 202 Å². The largest absolute Gasteiger partial charge is 0.326 e. The van der Waals surface area contributed by atoms with Gasteiger partial charge in [0, 0.05) is 42.3 Å². The summed E-state index contributed by atoms with van der Waals surface area (Å²) in [5.41, 5.74) is 16.3. The number of pyridine rings is 2. The van der Waals surface area contributed by atoms with Crippen molar-refractivity contribution in [2.45, 2.75) is 76.5 Å². The van der Waals surface area contributed by atoms with Crippen LogP contribution in [0.2, 0.25) is 0 Å². The summed E-state index contributed by atoms with van der Waals surface area (Å²) in [7, 11) is 0. The second-order valence-corrected chi connectivity index (χ2v) is 18.1. The zero-order valence-electron chi connectivity index (χ0n) is 34.5. The Morgan fingerprint density at radius 1 is 0.483 bits per heavy atom. The lowest BCUT2D eigenvalue weighted by molar-refractivity contribution is 0.589. The molecule has 58 heavy (non-hydrogen) atoms. The highest BCUT2D eigenvalue weighted by Crippen LogP contribution is 2.57. The summed E-state index contributed by atoms with van der Waals surface area (Å²) in [6, 6.07) is 52.7. The topological polar surface area (TPSA) is 32.3 Å². The van der Waals surface area contributed by atoms with Gasteiger partial charge in [0.2, 0.25) is 0 Å². The van der Waals surface area contributed by atoms with Crippen LogP contribution in [0.4, 0.5) is 23.0 Å². The molecule has 7 aromatic rings. The van der Waals surface area contributed by atoms with Gasteiger partial charge in [0.1, 0.15) is 11.6 Å². The normalized spacial score (nSPS) is 15.7. The fourth-order valence-corrected chi connectivity index (χ4v) is 10.1. The number of benzene rings is 5. The smallest absolute Gasteiger partial charge is 0.133 e. The highest BCUT2D eigenvalue weighted by Gasteiger charge is 2.47. The number of rotatable bonds is 6. The number of nitrogens with zero attached hydrogens (tertiary/aromatic N) is 4. The summed E-state index contributed by atoms with van der Waals surface area (Å²) >= 11 is 0. The van der Waals surface area contributed by atoms with Crippen LogP contribution in [0.5, 0.6) is 0 Å². The minimum absolute atomic E-state index is 0.0365. The van der Waals surface area contributed by atoms with Crippen molar-refractivity contribution in [3.8, 4) is 11.1 Å². The van der Waals surface area contributed by atoms with Crippen molar-refractivity contribution in [2.24, 2.45) is 0 Å². The maximum Gasteiger partial charge on any atom is 0.133 e. The minimum Gasteiger partial charge on any atom is -0.326 e. The zero-order chi connectivity index (χ0) is 39.6. The summed E-state index contributed by atoms with van der Waals surface area (Å²) in [6.07, 6.45) is 8.29. The molecule has 0 unspecified atom stereocenters. The van der Waals surface area contributed by atoms with E-state index in [4.69, 9.17) is 9.97 Å². The maximum absolute atomic E-state index is 5.06. The number of hydrogen-bond donors (Lipinski definition) is 0. The average Bonchev–Trinajstić information content (AvgIpc) is 3.57. The van der Waals surface area contributed by atoms with Crippen LogP contribution < -0.4 is 9.80 Å². The lowest BCUT2D eigenvalue weighted by Crippen LogP contribution is -2.32. The molecule has 10 rings (SSSR count). The van der Waals surface area contributed by atoms with Gasteiger partial charge in [-0.05, 0) is 129 Å². The highest BCUT2D eigenvalue weighted by atomic mass is 15.2. The van der Waals surface area contributed by atoms with Gasteiger partial charge in [-0.25, -0.2) is 9.97 Å². The molecule has 1 aliphatic carbocycles. The summed E-state index contributed by atoms with van der Waals surface area (Å²) in [5.74, 6) is 2.04. The number of hydrogen-bond acceptors (Lipinski definition) is 4. The Balaban J connectivity index is 1.16. The first kappa shape index (κ1) is 36.3. The van der Waals surface area contributed by atoms with E-state index < -0.39 is 5.41 Å². The predicted molar refractivity (Wildman–Crippen MR) is 240 cm³/mol. The second-order valence-electron chi connectivity index (χ2n) is 18.1. The fourth-order valence-electron chi connectivity index (χ4n) is 10.1. The predicted octanol–water partition coefficient (Wildman–Crippen LogP) is 12.6. The van der Waals surface area contributed by atoms with E-state index in [0.29, 0.717) is 0 Å². The Kier molecular flexibility index (Phi) is 8.67. The minimum atomic E-state index is -0.533. The standard InChI is InChI=1S/C54H52N4/c1-52(2,3)40-27-29-55-50(35-40)57-31-13-15-37-23-25-42(33-48(37)57)54(46-21-11-9-19-44(46)45-20-10-12-22-47(45)54)43-26-24-38-16-14-32-58(49(38)34-43)51-36-41(28-30-56-51)53(4,5)39-17-7-6-8-18-39/h6-12,17-30,33-36H,13-16,31-32H2,1-5H3. The zero-order valence-corrected chi connectivity index (χ0v) is 34.5. The third kappa shape index (κ3) is 5.79. The quantitative estimate of drug-likeness (QED) is 0.169. The molecule has 0 bridgehead atoms. The molecule has 4 nitrogen and oxygen atoms in total. The molecule has 0 N–H and O–H groups in total. The van der Waals surface area contributed by atoms with E-state index in [1.54, 1.807) is 0 Å². The molecule has 0 atom stereocenters. The molecular formula is C54H52N4. The Hall–Kier alpha value is -6.00. The van der Waals surface area contributed by atoms with Gasteiger partial charge in [0.05, 0.1) is 5.41 Å². The number of fused-ring (bicyclic) bond motifs is 5. The third-order valence-corrected chi connectivity index (χ3v) is 13.4. The first-order chi connectivity index (χ1) is 28.1. The van der Waals surface area contributed by atoms with Crippen LogP contribution in [-0.2, 0) is 29.1 Å². The Morgan fingerprint density at radius 2 is 0.966 bits per heavy atom. The van der Waals surface area contributed by atoms with Gasteiger partial charge in [0.25, 0.3) is 0 Å². The molecule has 3 aliphatic rings. The first-order valence-corrected chi connectivity index (χ1v) is 21.1. The lowest BCUT2D eigenvalue weighted by Gasteiger charge is -2.38. The molecule has 288 valence electrons. The molecule has 0 saturated heterocycles. The molecule has 0 fully saturated rings.